The van der Waals surface area contributed by atoms with Gasteiger partial charge in [0, 0.05) is 37.0 Å². The number of hydrogen-bond acceptors (Lipinski definition) is 7. The molecule has 35 heavy (non-hydrogen) atoms. The Balaban J connectivity index is 1.53. The molecule has 2 heterocycles. The number of rotatable bonds is 5. The Morgan fingerprint density at radius 3 is 2.94 bits per heavy atom. The monoisotopic (exact) mass is 473 g/mol. The Morgan fingerprint density at radius 2 is 2.03 bits per heavy atom. The van der Waals surface area contributed by atoms with Gasteiger partial charge in [-0.1, -0.05) is 36.4 Å². The van der Waals surface area contributed by atoms with E-state index in [-0.39, 0.29) is 5.91 Å². The number of unbranched alkanes of at least 4 members (excludes halogenated alkanes) is 1. The van der Waals surface area contributed by atoms with Gasteiger partial charge in [0.25, 0.3) is 0 Å². The topological polar surface area (TPSA) is 99.6 Å². The molecular weight excluding hydrogens is 442 g/mol. The number of anilines is 2. The highest BCUT2D eigenvalue weighted by Gasteiger charge is 2.09. The molecule has 0 radical (unpaired) electrons. The summed E-state index contributed by atoms with van der Waals surface area (Å²) in [5.74, 6) is 1.00. The van der Waals surface area contributed by atoms with E-state index in [1.165, 1.54) is 5.56 Å². The predicted octanol–water partition coefficient (Wildman–Crippen LogP) is 4.70. The van der Waals surface area contributed by atoms with Gasteiger partial charge in [-0.2, -0.15) is 0 Å². The molecule has 0 saturated heterocycles. The van der Waals surface area contributed by atoms with Gasteiger partial charge in [0.05, 0.1) is 12.3 Å². The fraction of sp³-hybridized carbons (Fsp3) is 0.296. The number of fused-ring (bicyclic) bond motifs is 7. The van der Waals surface area contributed by atoms with Crippen LogP contribution in [0.5, 0.6) is 5.75 Å². The van der Waals surface area contributed by atoms with E-state index in [4.69, 9.17) is 14.9 Å². The first kappa shape index (κ1) is 24.4. The van der Waals surface area contributed by atoms with Gasteiger partial charge < -0.3 is 10.1 Å². The van der Waals surface area contributed by atoms with Gasteiger partial charge in [-0.15, -0.1) is 0 Å². The quantitative estimate of drug-likeness (QED) is 0.214. The molecule has 1 aromatic heterocycles. The lowest BCUT2D eigenvalue weighted by molar-refractivity contribution is -0.129. The number of benzene rings is 2. The van der Waals surface area contributed by atoms with Crippen LogP contribution in [0, 0.1) is 0 Å². The number of hydrogen-bond donors (Lipinski definition) is 3. The van der Waals surface area contributed by atoms with Crippen molar-refractivity contribution in [2.45, 2.75) is 32.2 Å². The van der Waals surface area contributed by atoms with Crippen molar-refractivity contribution in [3.8, 4) is 17.0 Å². The molecule has 8 heteroatoms. The van der Waals surface area contributed by atoms with Crippen molar-refractivity contribution >= 4 is 17.5 Å². The highest BCUT2D eigenvalue weighted by molar-refractivity contribution is 5.74. The Labute approximate surface area is 205 Å². The van der Waals surface area contributed by atoms with E-state index in [0.717, 1.165) is 61.6 Å². The molecule has 0 aliphatic carbocycles. The molecule has 0 unspecified atom stereocenters. The van der Waals surface area contributed by atoms with E-state index in [1.54, 1.807) is 11.7 Å². The summed E-state index contributed by atoms with van der Waals surface area (Å²) in [5, 5.41) is 12.0. The molecule has 2 aromatic carbocycles. The van der Waals surface area contributed by atoms with Crippen molar-refractivity contribution in [2.75, 3.05) is 25.0 Å². The second-order valence-electron chi connectivity index (χ2n) is 8.45. The summed E-state index contributed by atoms with van der Waals surface area (Å²) in [5.41, 5.74) is 5.59. The fourth-order valence-corrected chi connectivity index (χ4v) is 3.96. The SMILES string of the molecule is O=C(CCCCN1C/C=C/CCOc2cccc(c2)-c2ccnc(n2)Nc2cccc(c2)C1)NO. The minimum Gasteiger partial charge on any atom is -0.493 e. The normalized spacial score (nSPS) is 15.1. The number of nitrogens with one attached hydrogen (secondary N) is 2. The summed E-state index contributed by atoms with van der Waals surface area (Å²) in [6.45, 7) is 3.00. The maximum Gasteiger partial charge on any atom is 0.243 e. The number of nitrogens with zero attached hydrogens (tertiary/aromatic N) is 3. The average Bonchev–Trinajstić information content (AvgIpc) is 2.88. The summed E-state index contributed by atoms with van der Waals surface area (Å²) < 4.78 is 5.95. The van der Waals surface area contributed by atoms with E-state index in [1.807, 2.05) is 42.5 Å². The molecule has 4 rings (SSSR count). The smallest absolute Gasteiger partial charge is 0.243 e. The van der Waals surface area contributed by atoms with Crippen LogP contribution in [0.1, 0.15) is 31.2 Å². The Bertz CT molecular complexity index is 1150. The Kier molecular flexibility index (Phi) is 8.80. The van der Waals surface area contributed by atoms with Crippen molar-refractivity contribution in [1.82, 2.24) is 20.3 Å². The maximum atomic E-state index is 11.3. The zero-order chi connectivity index (χ0) is 24.3. The van der Waals surface area contributed by atoms with Gasteiger partial charge in [-0.25, -0.2) is 15.4 Å². The summed E-state index contributed by atoms with van der Waals surface area (Å²) in [4.78, 5) is 22.7. The summed E-state index contributed by atoms with van der Waals surface area (Å²) >= 11 is 0. The molecule has 0 atom stereocenters. The van der Waals surface area contributed by atoms with Crippen LogP contribution in [0.15, 0.2) is 72.9 Å². The first-order valence-electron chi connectivity index (χ1n) is 11.9. The lowest BCUT2D eigenvalue weighted by Crippen LogP contribution is -2.25. The molecule has 0 fully saturated rings. The lowest BCUT2D eigenvalue weighted by Gasteiger charge is -2.21. The number of ether oxygens (including phenoxy) is 1. The van der Waals surface area contributed by atoms with Crippen LogP contribution in [0.4, 0.5) is 11.6 Å². The minimum absolute atomic E-state index is 0.317. The highest BCUT2D eigenvalue weighted by atomic mass is 16.5. The van der Waals surface area contributed by atoms with Crippen LogP contribution in [-0.4, -0.2) is 45.7 Å². The van der Waals surface area contributed by atoms with Crippen LogP contribution >= 0.6 is 0 Å². The number of aromatic nitrogens is 2. The number of carbonyl (C=O) groups excluding carboxylic acids is 1. The van der Waals surface area contributed by atoms with Gasteiger partial charge in [0.2, 0.25) is 11.9 Å². The van der Waals surface area contributed by atoms with E-state index in [9.17, 15) is 4.79 Å². The van der Waals surface area contributed by atoms with Crippen LogP contribution in [-0.2, 0) is 11.3 Å². The zero-order valence-corrected chi connectivity index (χ0v) is 19.7. The second-order valence-corrected chi connectivity index (χ2v) is 8.45. The first-order chi connectivity index (χ1) is 17.2. The lowest BCUT2D eigenvalue weighted by atomic mass is 10.1. The van der Waals surface area contributed by atoms with Crippen LogP contribution < -0.4 is 15.5 Å². The maximum absolute atomic E-state index is 11.3. The Hall–Kier alpha value is -3.75. The highest BCUT2D eigenvalue weighted by Crippen LogP contribution is 2.24. The first-order valence-corrected chi connectivity index (χ1v) is 11.9. The van der Waals surface area contributed by atoms with E-state index < -0.39 is 0 Å². The van der Waals surface area contributed by atoms with Crippen LogP contribution in [0.2, 0.25) is 0 Å². The zero-order valence-electron chi connectivity index (χ0n) is 19.7. The number of amides is 1. The van der Waals surface area contributed by atoms with Crippen molar-refractivity contribution in [1.29, 1.82) is 0 Å². The molecular formula is C27H31N5O3. The molecule has 6 bridgehead atoms. The third-order valence-electron chi connectivity index (χ3n) is 5.71. The summed E-state index contributed by atoms with van der Waals surface area (Å²) in [6.07, 6.45) is 8.78. The molecule has 1 aliphatic rings. The van der Waals surface area contributed by atoms with Crippen molar-refractivity contribution in [3.63, 3.8) is 0 Å². The Morgan fingerprint density at radius 1 is 1.11 bits per heavy atom. The number of carbonyl (C=O) groups is 1. The molecule has 1 aliphatic heterocycles. The largest absolute Gasteiger partial charge is 0.493 e. The van der Waals surface area contributed by atoms with Gasteiger partial charge in [-0.3, -0.25) is 14.9 Å². The summed E-state index contributed by atoms with van der Waals surface area (Å²) in [7, 11) is 0. The standard InChI is InChI=1S/C27H31N5O3/c33-26(31-34)12-2-4-16-32-15-3-1-5-17-35-24-11-7-9-22(19-24)25-13-14-28-27(30-25)29-23-10-6-8-21(18-23)20-32/h1,3,6-11,13-14,18-19,34H,2,4-5,12,15-17,20H2,(H,31,33)(H,28,29,30)/b3-1+. The predicted molar refractivity (Wildman–Crippen MR) is 136 cm³/mol. The molecule has 3 aromatic rings. The number of hydroxylamine groups is 1. The van der Waals surface area contributed by atoms with Gasteiger partial charge >= 0.3 is 0 Å². The minimum atomic E-state index is -0.347. The third-order valence-corrected chi connectivity index (χ3v) is 5.71. The molecule has 0 spiro atoms. The van der Waals surface area contributed by atoms with Crippen molar-refractivity contribution < 1.29 is 14.7 Å². The van der Waals surface area contributed by atoms with Crippen LogP contribution in [0.25, 0.3) is 11.3 Å². The van der Waals surface area contributed by atoms with E-state index in [2.05, 4.69) is 39.5 Å². The third kappa shape index (κ3) is 7.63. The second kappa shape index (κ2) is 12.6. The van der Waals surface area contributed by atoms with Gasteiger partial charge in [-0.05, 0) is 61.7 Å². The average molecular weight is 474 g/mol. The van der Waals surface area contributed by atoms with Gasteiger partial charge in [0.1, 0.15) is 5.75 Å². The molecule has 8 nitrogen and oxygen atoms in total. The summed E-state index contributed by atoms with van der Waals surface area (Å²) in [6, 6.07) is 18.1. The van der Waals surface area contributed by atoms with E-state index in [0.29, 0.717) is 19.0 Å². The van der Waals surface area contributed by atoms with Crippen LogP contribution in [0.3, 0.4) is 0 Å². The molecule has 1 amide bonds. The fourth-order valence-electron chi connectivity index (χ4n) is 3.96. The molecule has 182 valence electrons. The van der Waals surface area contributed by atoms with Gasteiger partial charge in [0.15, 0.2) is 0 Å². The van der Waals surface area contributed by atoms with Crippen molar-refractivity contribution in [2.24, 2.45) is 0 Å². The molecule has 3 N–H and O–H groups in total. The molecule has 0 saturated carbocycles. The van der Waals surface area contributed by atoms with E-state index >= 15 is 0 Å². The van der Waals surface area contributed by atoms with Crippen molar-refractivity contribution in [3.05, 3.63) is 78.5 Å².